The molecule has 98 valence electrons. The van der Waals surface area contributed by atoms with Gasteiger partial charge in [-0.15, -0.1) is 0 Å². The molecule has 0 aliphatic heterocycles. The fourth-order valence-electron chi connectivity index (χ4n) is 1.97. The van der Waals surface area contributed by atoms with Gasteiger partial charge in [0, 0.05) is 6.92 Å². The molecule has 0 heterocycles. The maximum absolute atomic E-state index is 11.3. The maximum atomic E-state index is 11.3. The molecule has 0 unspecified atom stereocenters. The number of hydrogen-bond donors (Lipinski definition) is 0. The number of carbonyl (C=O) groups excluding carboxylic acids is 2. The minimum Gasteiger partial charge on any atom is -0.464 e. The molecule has 1 aliphatic carbocycles. The first-order chi connectivity index (χ1) is 8.13. The number of ether oxygens (including phenoxy) is 3. The fraction of sp³-hybridized carbons (Fsp3) is 0.833. The highest BCUT2D eigenvalue weighted by molar-refractivity contribution is 5.77. The molecule has 0 bridgehead atoms. The van der Waals surface area contributed by atoms with Crippen molar-refractivity contribution in [2.24, 2.45) is 5.92 Å². The number of esters is 2. The van der Waals surface area contributed by atoms with E-state index < -0.39 is 18.2 Å². The highest BCUT2D eigenvalue weighted by atomic mass is 16.7. The molecular weight excluding hydrogens is 224 g/mol. The summed E-state index contributed by atoms with van der Waals surface area (Å²) in [4.78, 5) is 22.1. The third-order valence-corrected chi connectivity index (χ3v) is 2.87. The molecule has 0 saturated heterocycles. The van der Waals surface area contributed by atoms with Crippen LogP contribution in [0.25, 0.3) is 0 Å². The van der Waals surface area contributed by atoms with Crippen LogP contribution in [-0.4, -0.2) is 31.9 Å². The SMILES string of the molecule is COC(=O)[C@@H](OCC1CCCCC1)OC(C)=O. The summed E-state index contributed by atoms with van der Waals surface area (Å²) in [6.45, 7) is 1.67. The van der Waals surface area contributed by atoms with Gasteiger partial charge < -0.3 is 14.2 Å². The van der Waals surface area contributed by atoms with Crippen LogP contribution in [0, 0.1) is 5.92 Å². The van der Waals surface area contributed by atoms with E-state index in [-0.39, 0.29) is 0 Å². The van der Waals surface area contributed by atoms with Gasteiger partial charge in [0.2, 0.25) is 0 Å². The average molecular weight is 244 g/mol. The van der Waals surface area contributed by atoms with Crippen molar-refractivity contribution in [1.29, 1.82) is 0 Å². The van der Waals surface area contributed by atoms with Gasteiger partial charge in [0.05, 0.1) is 13.7 Å². The molecule has 0 radical (unpaired) electrons. The minimum atomic E-state index is -1.22. The Morgan fingerprint density at radius 3 is 2.41 bits per heavy atom. The first-order valence-corrected chi connectivity index (χ1v) is 6.00. The molecule has 1 saturated carbocycles. The van der Waals surface area contributed by atoms with E-state index in [0.717, 1.165) is 12.8 Å². The lowest BCUT2D eigenvalue weighted by molar-refractivity contribution is -0.200. The molecule has 1 rings (SSSR count). The van der Waals surface area contributed by atoms with Crippen LogP contribution in [0.15, 0.2) is 0 Å². The van der Waals surface area contributed by atoms with E-state index in [9.17, 15) is 9.59 Å². The Labute approximate surface area is 101 Å². The van der Waals surface area contributed by atoms with Gasteiger partial charge in [0.1, 0.15) is 0 Å². The summed E-state index contributed by atoms with van der Waals surface area (Å²) >= 11 is 0. The van der Waals surface area contributed by atoms with Crippen molar-refractivity contribution in [3.05, 3.63) is 0 Å². The van der Waals surface area contributed by atoms with Crippen LogP contribution in [0.3, 0.4) is 0 Å². The van der Waals surface area contributed by atoms with Crippen LogP contribution in [0.5, 0.6) is 0 Å². The van der Waals surface area contributed by atoms with Crippen LogP contribution in [0.4, 0.5) is 0 Å². The molecular formula is C12H20O5. The van der Waals surface area contributed by atoms with E-state index in [4.69, 9.17) is 9.47 Å². The monoisotopic (exact) mass is 244 g/mol. The standard InChI is InChI=1S/C12H20O5/c1-9(13)17-12(11(14)15-2)16-8-10-6-4-3-5-7-10/h10,12H,3-8H2,1-2H3/t12-/m0/s1. The second-order valence-corrected chi connectivity index (χ2v) is 4.30. The van der Waals surface area contributed by atoms with Crippen LogP contribution in [-0.2, 0) is 23.8 Å². The molecule has 0 aromatic carbocycles. The molecule has 0 spiro atoms. The summed E-state index contributed by atoms with van der Waals surface area (Å²) in [5.41, 5.74) is 0. The van der Waals surface area contributed by atoms with Crippen molar-refractivity contribution in [2.45, 2.75) is 45.3 Å². The zero-order valence-corrected chi connectivity index (χ0v) is 10.4. The quantitative estimate of drug-likeness (QED) is 0.543. The second kappa shape index (κ2) is 7.27. The van der Waals surface area contributed by atoms with Gasteiger partial charge in [-0.3, -0.25) is 4.79 Å². The zero-order chi connectivity index (χ0) is 12.7. The molecule has 0 aromatic rings. The van der Waals surface area contributed by atoms with Crippen molar-refractivity contribution in [3.63, 3.8) is 0 Å². The van der Waals surface area contributed by atoms with Crippen molar-refractivity contribution >= 4 is 11.9 Å². The smallest absolute Gasteiger partial charge is 0.376 e. The minimum absolute atomic E-state index is 0.438. The van der Waals surface area contributed by atoms with E-state index in [1.54, 1.807) is 0 Å². The Morgan fingerprint density at radius 2 is 1.88 bits per heavy atom. The Morgan fingerprint density at radius 1 is 1.24 bits per heavy atom. The summed E-state index contributed by atoms with van der Waals surface area (Å²) in [7, 11) is 1.24. The van der Waals surface area contributed by atoms with Gasteiger partial charge in [0.25, 0.3) is 0 Å². The van der Waals surface area contributed by atoms with Gasteiger partial charge in [0.15, 0.2) is 0 Å². The molecule has 5 nitrogen and oxygen atoms in total. The highest BCUT2D eigenvalue weighted by Gasteiger charge is 2.25. The lowest BCUT2D eigenvalue weighted by Gasteiger charge is -2.23. The van der Waals surface area contributed by atoms with Gasteiger partial charge in [-0.25, -0.2) is 4.79 Å². The molecule has 5 heteroatoms. The summed E-state index contributed by atoms with van der Waals surface area (Å²) in [6.07, 6.45) is 4.65. The number of hydrogen-bond acceptors (Lipinski definition) is 5. The van der Waals surface area contributed by atoms with E-state index in [1.807, 2.05) is 0 Å². The van der Waals surface area contributed by atoms with E-state index in [1.165, 1.54) is 33.3 Å². The predicted molar refractivity (Wildman–Crippen MR) is 60.1 cm³/mol. The zero-order valence-electron chi connectivity index (χ0n) is 10.4. The number of rotatable bonds is 5. The Hall–Kier alpha value is -1.10. The van der Waals surface area contributed by atoms with Gasteiger partial charge >= 0.3 is 18.2 Å². The van der Waals surface area contributed by atoms with Gasteiger partial charge in [-0.2, -0.15) is 0 Å². The molecule has 1 atom stereocenters. The van der Waals surface area contributed by atoms with Crippen LogP contribution >= 0.6 is 0 Å². The molecule has 1 fully saturated rings. The van der Waals surface area contributed by atoms with E-state index >= 15 is 0 Å². The normalized spacial score (nSPS) is 18.5. The van der Waals surface area contributed by atoms with Crippen molar-refractivity contribution in [3.8, 4) is 0 Å². The maximum Gasteiger partial charge on any atom is 0.376 e. The first kappa shape index (κ1) is 14.0. The van der Waals surface area contributed by atoms with Crippen LogP contribution in [0.2, 0.25) is 0 Å². The molecule has 0 N–H and O–H groups in total. The highest BCUT2D eigenvalue weighted by Crippen LogP contribution is 2.24. The van der Waals surface area contributed by atoms with Crippen molar-refractivity contribution < 1.29 is 23.8 Å². The second-order valence-electron chi connectivity index (χ2n) is 4.30. The number of methoxy groups -OCH3 is 1. The largest absolute Gasteiger partial charge is 0.464 e. The molecule has 0 aromatic heterocycles. The molecule has 0 amide bonds. The third-order valence-electron chi connectivity index (χ3n) is 2.87. The molecule has 1 aliphatic rings. The number of carbonyl (C=O) groups is 2. The Bertz CT molecular complexity index is 258. The predicted octanol–water partition coefficient (Wildman–Crippen LogP) is 1.65. The van der Waals surface area contributed by atoms with Gasteiger partial charge in [-0.05, 0) is 18.8 Å². The van der Waals surface area contributed by atoms with E-state index in [2.05, 4.69) is 4.74 Å². The molecule has 17 heavy (non-hydrogen) atoms. The topological polar surface area (TPSA) is 61.8 Å². The lowest BCUT2D eigenvalue weighted by atomic mass is 9.90. The third kappa shape index (κ3) is 5.17. The summed E-state index contributed by atoms with van der Waals surface area (Å²) in [5, 5.41) is 0. The van der Waals surface area contributed by atoms with Gasteiger partial charge in [-0.1, -0.05) is 19.3 Å². The van der Waals surface area contributed by atoms with Crippen LogP contribution < -0.4 is 0 Å². The van der Waals surface area contributed by atoms with Crippen molar-refractivity contribution in [1.82, 2.24) is 0 Å². The van der Waals surface area contributed by atoms with E-state index in [0.29, 0.717) is 12.5 Å². The first-order valence-electron chi connectivity index (χ1n) is 6.00. The van der Waals surface area contributed by atoms with Crippen molar-refractivity contribution in [2.75, 3.05) is 13.7 Å². The fourth-order valence-corrected chi connectivity index (χ4v) is 1.97. The summed E-state index contributed by atoms with van der Waals surface area (Å²) < 4.78 is 14.6. The lowest BCUT2D eigenvalue weighted by Crippen LogP contribution is -2.32. The Balaban J connectivity index is 2.36. The summed E-state index contributed by atoms with van der Waals surface area (Å²) in [5.74, 6) is -0.772. The summed E-state index contributed by atoms with van der Waals surface area (Å²) in [6, 6.07) is 0. The van der Waals surface area contributed by atoms with Crippen LogP contribution in [0.1, 0.15) is 39.0 Å². The average Bonchev–Trinajstić information content (AvgIpc) is 2.34. The Kier molecular flexibility index (Phi) is 5.97.